The van der Waals surface area contributed by atoms with Crippen molar-refractivity contribution in [1.82, 2.24) is 15.5 Å². The summed E-state index contributed by atoms with van der Waals surface area (Å²) < 4.78 is 0. The number of nitrogens with one attached hydrogen (secondary N) is 2. The lowest BCUT2D eigenvalue weighted by molar-refractivity contribution is -0.116. The summed E-state index contributed by atoms with van der Waals surface area (Å²) in [5.74, 6) is 2.11. The Hall–Kier alpha value is -1.44. The number of thioether (sulfide) groups is 1. The van der Waals surface area contributed by atoms with Crippen LogP contribution >= 0.6 is 23.1 Å². The molecule has 1 aliphatic rings. The third kappa shape index (κ3) is 5.02. The van der Waals surface area contributed by atoms with Gasteiger partial charge >= 0.3 is 0 Å². The molecule has 0 aliphatic carbocycles. The lowest BCUT2D eigenvalue weighted by atomic mass is 10.1. The summed E-state index contributed by atoms with van der Waals surface area (Å²) in [6.45, 7) is 3.05. The molecule has 2 heterocycles. The second-order valence-corrected chi connectivity index (χ2v) is 7.85. The molecule has 0 radical (unpaired) electrons. The second-order valence-electron chi connectivity index (χ2n) is 5.64. The van der Waals surface area contributed by atoms with E-state index in [1.807, 2.05) is 11.8 Å². The minimum Gasteiger partial charge on any atom is -0.312 e. The molecule has 2 N–H and O–H groups in total. The quantitative estimate of drug-likeness (QED) is 0.869. The number of aryl methyl sites for hydroxylation is 1. The third-order valence-electron chi connectivity index (χ3n) is 3.62. The standard InChI is InChI=1S/C16H20N4OS2/c1-11-2-4-12(5-3-11)8-15-19-20-16(23-15)18-14(21)9-13-10-22-7-6-17-13/h2-5,13,17H,6-10H2,1H3,(H,18,20,21). The molecule has 0 bridgehead atoms. The van der Waals surface area contributed by atoms with Crippen molar-refractivity contribution in [2.24, 2.45) is 0 Å². The summed E-state index contributed by atoms with van der Waals surface area (Å²) in [5.41, 5.74) is 2.45. The number of benzene rings is 1. The average molecular weight is 348 g/mol. The molecule has 23 heavy (non-hydrogen) atoms. The molecule has 1 amide bonds. The van der Waals surface area contributed by atoms with Crippen LogP contribution < -0.4 is 10.6 Å². The molecule has 1 aliphatic heterocycles. The van der Waals surface area contributed by atoms with Crippen LogP contribution in [0.25, 0.3) is 0 Å². The van der Waals surface area contributed by atoms with E-state index in [1.54, 1.807) is 0 Å². The summed E-state index contributed by atoms with van der Waals surface area (Å²) in [6, 6.07) is 8.64. The van der Waals surface area contributed by atoms with Crippen molar-refractivity contribution in [3.63, 3.8) is 0 Å². The van der Waals surface area contributed by atoms with Gasteiger partial charge in [0.2, 0.25) is 11.0 Å². The molecule has 1 saturated heterocycles. The van der Waals surface area contributed by atoms with Gasteiger partial charge in [0.1, 0.15) is 5.01 Å². The summed E-state index contributed by atoms with van der Waals surface area (Å²) in [6.07, 6.45) is 1.23. The Morgan fingerprint density at radius 1 is 1.35 bits per heavy atom. The van der Waals surface area contributed by atoms with Gasteiger partial charge in [0.25, 0.3) is 0 Å². The molecule has 1 fully saturated rings. The molecule has 0 saturated carbocycles. The minimum absolute atomic E-state index is 0.00281. The first kappa shape index (κ1) is 16.4. The molecule has 1 aromatic carbocycles. The molecule has 1 unspecified atom stereocenters. The van der Waals surface area contributed by atoms with Gasteiger partial charge in [-0.05, 0) is 12.5 Å². The number of carbonyl (C=O) groups excluding carboxylic acids is 1. The van der Waals surface area contributed by atoms with Gasteiger partial charge < -0.3 is 10.6 Å². The van der Waals surface area contributed by atoms with E-state index in [-0.39, 0.29) is 11.9 Å². The summed E-state index contributed by atoms with van der Waals surface area (Å²) in [4.78, 5) is 12.1. The Balaban J connectivity index is 1.52. The highest BCUT2D eigenvalue weighted by molar-refractivity contribution is 7.99. The summed E-state index contributed by atoms with van der Waals surface area (Å²) >= 11 is 3.33. The molecular weight excluding hydrogens is 328 g/mol. The maximum absolute atomic E-state index is 12.1. The Bertz CT molecular complexity index is 650. The number of anilines is 1. The summed E-state index contributed by atoms with van der Waals surface area (Å²) in [7, 11) is 0. The van der Waals surface area contributed by atoms with Crippen LogP contribution in [0.1, 0.15) is 22.6 Å². The van der Waals surface area contributed by atoms with E-state index in [0.29, 0.717) is 11.6 Å². The molecule has 5 nitrogen and oxygen atoms in total. The van der Waals surface area contributed by atoms with E-state index in [2.05, 4.69) is 52.0 Å². The van der Waals surface area contributed by atoms with Gasteiger partial charge in [0.05, 0.1) is 0 Å². The fourth-order valence-corrected chi connectivity index (χ4v) is 4.14. The van der Waals surface area contributed by atoms with E-state index in [4.69, 9.17) is 0 Å². The maximum Gasteiger partial charge on any atom is 0.227 e. The minimum atomic E-state index is 0.00281. The van der Waals surface area contributed by atoms with E-state index >= 15 is 0 Å². The SMILES string of the molecule is Cc1ccc(Cc2nnc(NC(=O)CC3CSCCN3)s2)cc1. The number of amides is 1. The molecule has 0 spiro atoms. The fourth-order valence-electron chi connectivity index (χ4n) is 2.40. The Labute approximate surface area is 144 Å². The van der Waals surface area contributed by atoms with Gasteiger partial charge in [-0.1, -0.05) is 41.2 Å². The van der Waals surface area contributed by atoms with Crippen molar-refractivity contribution in [3.8, 4) is 0 Å². The van der Waals surface area contributed by atoms with Crippen LogP contribution in [0.5, 0.6) is 0 Å². The Kier molecular flexibility index (Phi) is 5.64. The lowest BCUT2D eigenvalue weighted by Gasteiger charge is -2.22. The van der Waals surface area contributed by atoms with Crippen molar-refractivity contribution in [3.05, 3.63) is 40.4 Å². The largest absolute Gasteiger partial charge is 0.312 e. The topological polar surface area (TPSA) is 66.9 Å². The number of aromatic nitrogens is 2. The zero-order valence-corrected chi connectivity index (χ0v) is 14.7. The van der Waals surface area contributed by atoms with Gasteiger partial charge in [-0.15, -0.1) is 10.2 Å². The van der Waals surface area contributed by atoms with Crippen LogP contribution in [-0.2, 0) is 11.2 Å². The van der Waals surface area contributed by atoms with E-state index in [9.17, 15) is 4.79 Å². The first-order valence-corrected chi connectivity index (χ1v) is 9.65. The lowest BCUT2D eigenvalue weighted by Crippen LogP contribution is -2.39. The van der Waals surface area contributed by atoms with Gasteiger partial charge in [-0.25, -0.2) is 0 Å². The van der Waals surface area contributed by atoms with Crippen LogP contribution in [0.3, 0.4) is 0 Å². The van der Waals surface area contributed by atoms with Gasteiger partial charge in [-0.2, -0.15) is 11.8 Å². The van der Waals surface area contributed by atoms with Crippen molar-refractivity contribution in [2.75, 3.05) is 23.4 Å². The van der Waals surface area contributed by atoms with E-state index in [1.165, 1.54) is 22.5 Å². The highest BCUT2D eigenvalue weighted by Gasteiger charge is 2.17. The fraction of sp³-hybridized carbons (Fsp3) is 0.438. The number of hydrogen-bond acceptors (Lipinski definition) is 6. The number of hydrogen-bond donors (Lipinski definition) is 2. The van der Waals surface area contributed by atoms with E-state index < -0.39 is 0 Å². The maximum atomic E-state index is 12.1. The van der Waals surface area contributed by atoms with Crippen molar-refractivity contribution in [1.29, 1.82) is 0 Å². The van der Waals surface area contributed by atoms with Crippen LogP contribution in [0.2, 0.25) is 0 Å². The van der Waals surface area contributed by atoms with E-state index in [0.717, 1.165) is 29.5 Å². The molecule has 7 heteroatoms. The van der Waals surface area contributed by atoms with Crippen LogP contribution in [0, 0.1) is 6.92 Å². The number of nitrogens with zero attached hydrogens (tertiary/aromatic N) is 2. The van der Waals surface area contributed by atoms with Gasteiger partial charge in [-0.3, -0.25) is 4.79 Å². The third-order valence-corrected chi connectivity index (χ3v) is 5.59. The average Bonchev–Trinajstić information content (AvgIpc) is 2.97. The Morgan fingerprint density at radius 3 is 2.91 bits per heavy atom. The van der Waals surface area contributed by atoms with Crippen molar-refractivity contribution >= 4 is 34.1 Å². The Morgan fingerprint density at radius 2 is 2.17 bits per heavy atom. The monoisotopic (exact) mass is 348 g/mol. The molecular formula is C16H20N4OS2. The molecule has 122 valence electrons. The summed E-state index contributed by atoms with van der Waals surface area (Å²) in [5, 5.41) is 16.0. The molecule has 3 rings (SSSR count). The molecule has 1 aromatic heterocycles. The normalized spacial score (nSPS) is 17.9. The zero-order chi connectivity index (χ0) is 16.1. The smallest absolute Gasteiger partial charge is 0.227 e. The molecule has 2 aromatic rings. The van der Waals surface area contributed by atoms with Crippen molar-refractivity contribution < 1.29 is 4.79 Å². The highest BCUT2D eigenvalue weighted by Crippen LogP contribution is 2.19. The predicted octanol–water partition coefficient (Wildman–Crippen LogP) is 2.47. The second kappa shape index (κ2) is 7.90. The van der Waals surface area contributed by atoms with Gasteiger partial charge in [0.15, 0.2) is 0 Å². The first-order chi connectivity index (χ1) is 11.2. The molecule has 1 atom stereocenters. The number of rotatable bonds is 5. The first-order valence-electron chi connectivity index (χ1n) is 7.68. The van der Waals surface area contributed by atoms with Crippen LogP contribution in [0.15, 0.2) is 24.3 Å². The number of carbonyl (C=O) groups is 1. The highest BCUT2D eigenvalue weighted by atomic mass is 32.2. The van der Waals surface area contributed by atoms with Gasteiger partial charge in [0, 0.05) is 36.9 Å². The van der Waals surface area contributed by atoms with Crippen LogP contribution in [-0.4, -0.2) is 40.2 Å². The zero-order valence-electron chi connectivity index (χ0n) is 13.0. The van der Waals surface area contributed by atoms with Crippen molar-refractivity contribution in [2.45, 2.75) is 25.8 Å². The van der Waals surface area contributed by atoms with Crippen LogP contribution in [0.4, 0.5) is 5.13 Å². The predicted molar refractivity (Wildman–Crippen MR) is 96.3 cm³/mol.